The van der Waals surface area contributed by atoms with E-state index in [0.717, 1.165) is 30.3 Å². The maximum atomic E-state index is 10.6. The molecule has 0 aliphatic rings. The molecule has 100 valence electrons. The number of aromatic nitrogens is 5. The summed E-state index contributed by atoms with van der Waals surface area (Å²) >= 11 is 1.16. The van der Waals surface area contributed by atoms with Crippen LogP contribution in [0.5, 0.6) is 0 Å². The van der Waals surface area contributed by atoms with Gasteiger partial charge in [-0.05, 0) is 12.5 Å². The molecule has 1 N–H and O–H groups in total. The fraction of sp³-hybridized carbons (Fsp3) is 0.364. The third-order valence-electron chi connectivity index (χ3n) is 2.33. The number of carboxylic acids is 1. The molecule has 0 spiro atoms. The number of aliphatic carboxylic acids is 1. The van der Waals surface area contributed by atoms with Crippen molar-refractivity contribution in [1.29, 1.82) is 0 Å². The number of carboxylic acid groups (broad SMARTS) is 1. The summed E-state index contributed by atoms with van der Waals surface area (Å²) in [5.41, 5.74) is 0.818. The monoisotopic (exact) mass is 279 g/mol. The minimum absolute atomic E-state index is 0.0313. The lowest BCUT2D eigenvalue weighted by Gasteiger charge is -2.07. The van der Waals surface area contributed by atoms with Crippen molar-refractivity contribution in [1.82, 2.24) is 25.0 Å². The van der Waals surface area contributed by atoms with E-state index in [2.05, 4.69) is 20.4 Å². The fourth-order valence-corrected chi connectivity index (χ4v) is 2.27. The topological polar surface area (TPSA) is 93.8 Å². The van der Waals surface area contributed by atoms with Gasteiger partial charge in [-0.2, -0.15) is 10.2 Å². The molecule has 0 aliphatic heterocycles. The average molecular weight is 279 g/mol. The van der Waals surface area contributed by atoms with Gasteiger partial charge >= 0.3 is 5.97 Å². The van der Waals surface area contributed by atoms with Crippen LogP contribution in [0.3, 0.4) is 0 Å². The van der Waals surface area contributed by atoms with E-state index in [-0.39, 0.29) is 5.75 Å². The lowest BCUT2D eigenvalue weighted by Crippen LogP contribution is -2.04. The quantitative estimate of drug-likeness (QED) is 0.797. The molecule has 0 radical (unpaired) electrons. The van der Waals surface area contributed by atoms with E-state index in [0.29, 0.717) is 11.0 Å². The van der Waals surface area contributed by atoms with Crippen molar-refractivity contribution in [2.24, 2.45) is 0 Å². The zero-order valence-electron chi connectivity index (χ0n) is 10.4. The second-order valence-corrected chi connectivity index (χ2v) is 4.71. The van der Waals surface area contributed by atoms with Crippen molar-refractivity contribution < 1.29 is 9.90 Å². The van der Waals surface area contributed by atoms with Crippen LogP contribution in [-0.2, 0) is 11.3 Å². The molecular weight excluding hydrogens is 266 g/mol. The Morgan fingerprint density at radius 1 is 1.42 bits per heavy atom. The van der Waals surface area contributed by atoms with Crippen molar-refractivity contribution in [3.05, 3.63) is 18.5 Å². The first kappa shape index (κ1) is 13.5. The highest BCUT2D eigenvalue weighted by Gasteiger charge is 2.14. The molecule has 2 heterocycles. The molecule has 0 aliphatic carbocycles. The molecule has 0 saturated carbocycles. The summed E-state index contributed by atoms with van der Waals surface area (Å²) in [5, 5.41) is 25.0. The number of nitrogens with zero attached hydrogens (tertiary/aromatic N) is 5. The molecule has 0 unspecified atom stereocenters. The van der Waals surface area contributed by atoms with Gasteiger partial charge in [0.1, 0.15) is 0 Å². The molecule has 0 fully saturated rings. The molecular formula is C11H13N5O2S. The highest BCUT2D eigenvalue weighted by Crippen LogP contribution is 2.23. The summed E-state index contributed by atoms with van der Waals surface area (Å²) in [7, 11) is 0. The van der Waals surface area contributed by atoms with Crippen LogP contribution in [0.4, 0.5) is 0 Å². The van der Waals surface area contributed by atoms with Crippen molar-refractivity contribution in [2.45, 2.75) is 25.0 Å². The number of hydrogen-bond donors (Lipinski definition) is 1. The Bertz CT molecular complexity index is 557. The molecule has 19 heavy (non-hydrogen) atoms. The van der Waals surface area contributed by atoms with Gasteiger partial charge in [-0.15, -0.1) is 10.2 Å². The van der Waals surface area contributed by atoms with Crippen LogP contribution in [0.1, 0.15) is 13.3 Å². The van der Waals surface area contributed by atoms with Crippen LogP contribution in [-0.4, -0.2) is 41.8 Å². The molecule has 0 amide bonds. The molecule has 8 heteroatoms. The van der Waals surface area contributed by atoms with Gasteiger partial charge in [-0.25, -0.2) is 0 Å². The SMILES string of the molecule is CCCn1c(SCC(=O)O)nnc1-c1ccnnc1. The summed E-state index contributed by atoms with van der Waals surface area (Å²) < 4.78 is 1.91. The molecule has 0 atom stereocenters. The van der Waals surface area contributed by atoms with Crippen LogP contribution in [0.25, 0.3) is 11.4 Å². The maximum absolute atomic E-state index is 10.6. The molecule has 2 rings (SSSR count). The minimum atomic E-state index is -0.872. The Morgan fingerprint density at radius 2 is 2.26 bits per heavy atom. The third kappa shape index (κ3) is 3.28. The summed E-state index contributed by atoms with van der Waals surface area (Å²) in [5.74, 6) is -0.219. The van der Waals surface area contributed by atoms with Gasteiger partial charge in [0.25, 0.3) is 0 Å². The average Bonchev–Trinajstić information content (AvgIpc) is 2.81. The standard InChI is InChI=1S/C11H13N5O2S/c1-2-5-16-10(8-3-4-12-13-6-8)14-15-11(16)19-7-9(17)18/h3-4,6H,2,5,7H2,1H3,(H,17,18). The Hall–Kier alpha value is -1.96. The first-order chi connectivity index (χ1) is 9.22. The van der Waals surface area contributed by atoms with Gasteiger partial charge < -0.3 is 9.67 Å². The van der Waals surface area contributed by atoms with E-state index in [1.807, 2.05) is 11.5 Å². The number of carbonyl (C=O) groups is 1. The van der Waals surface area contributed by atoms with E-state index >= 15 is 0 Å². The highest BCUT2D eigenvalue weighted by molar-refractivity contribution is 7.99. The van der Waals surface area contributed by atoms with Gasteiger partial charge in [0.2, 0.25) is 0 Å². The van der Waals surface area contributed by atoms with Gasteiger partial charge in [0.15, 0.2) is 11.0 Å². The van der Waals surface area contributed by atoms with E-state index in [1.165, 1.54) is 0 Å². The molecule has 2 aromatic heterocycles. The Balaban J connectivity index is 2.31. The molecule has 0 saturated heterocycles. The summed E-state index contributed by atoms with van der Waals surface area (Å²) in [6.45, 7) is 2.77. The number of thioether (sulfide) groups is 1. The second-order valence-electron chi connectivity index (χ2n) is 3.77. The predicted octanol–water partition coefficient (Wildman–Crippen LogP) is 1.32. The van der Waals surface area contributed by atoms with Crippen molar-refractivity contribution in [3.8, 4) is 11.4 Å². The Morgan fingerprint density at radius 3 is 2.89 bits per heavy atom. The minimum Gasteiger partial charge on any atom is -0.481 e. The zero-order chi connectivity index (χ0) is 13.7. The normalized spacial score (nSPS) is 10.6. The number of hydrogen-bond acceptors (Lipinski definition) is 6. The molecule has 0 aromatic carbocycles. The maximum Gasteiger partial charge on any atom is 0.313 e. The zero-order valence-corrected chi connectivity index (χ0v) is 11.2. The van der Waals surface area contributed by atoms with Crippen molar-refractivity contribution in [3.63, 3.8) is 0 Å². The Labute approximate surface area is 114 Å². The third-order valence-corrected chi connectivity index (χ3v) is 3.28. The van der Waals surface area contributed by atoms with E-state index in [1.54, 1.807) is 18.5 Å². The van der Waals surface area contributed by atoms with Crippen molar-refractivity contribution in [2.75, 3.05) is 5.75 Å². The molecule has 7 nitrogen and oxygen atoms in total. The van der Waals surface area contributed by atoms with Gasteiger partial charge in [-0.3, -0.25) is 4.79 Å². The lowest BCUT2D eigenvalue weighted by molar-refractivity contribution is -0.133. The largest absolute Gasteiger partial charge is 0.481 e. The van der Waals surface area contributed by atoms with Gasteiger partial charge in [-0.1, -0.05) is 18.7 Å². The van der Waals surface area contributed by atoms with Crippen LogP contribution >= 0.6 is 11.8 Å². The summed E-state index contributed by atoms with van der Waals surface area (Å²) in [6, 6.07) is 1.80. The Kier molecular flexibility index (Phi) is 4.45. The van der Waals surface area contributed by atoms with Crippen LogP contribution in [0.2, 0.25) is 0 Å². The second kappa shape index (κ2) is 6.28. The molecule has 0 bridgehead atoms. The van der Waals surface area contributed by atoms with Crippen LogP contribution in [0, 0.1) is 0 Å². The van der Waals surface area contributed by atoms with Gasteiger partial charge in [0.05, 0.1) is 18.1 Å². The first-order valence-electron chi connectivity index (χ1n) is 5.77. The molecule has 2 aromatic rings. The summed E-state index contributed by atoms with van der Waals surface area (Å²) in [4.78, 5) is 10.6. The highest BCUT2D eigenvalue weighted by atomic mass is 32.2. The van der Waals surface area contributed by atoms with Crippen LogP contribution < -0.4 is 0 Å². The lowest BCUT2D eigenvalue weighted by atomic mass is 10.3. The van der Waals surface area contributed by atoms with E-state index < -0.39 is 5.97 Å². The summed E-state index contributed by atoms with van der Waals surface area (Å²) in [6.07, 6.45) is 4.11. The van der Waals surface area contributed by atoms with Crippen molar-refractivity contribution >= 4 is 17.7 Å². The van der Waals surface area contributed by atoms with Crippen LogP contribution in [0.15, 0.2) is 23.6 Å². The number of rotatable bonds is 6. The first-order valence-corrected chi connectivity index (χ1v) is 6.75. The fourth-order valence-electron chi connectivity index (χ4n) is 1.58. The van der Waals surface area contributed by atoms with E-state index in [9.17, 15) is 4.79 Å². The van der Waals surface area contributed by atoms with Gasteiger partial charge in [0, 0.05) is 12.1 Å². The smallest absolute Gasteiger partial charge is 0.313 e. The predicted molar refractivity (Wildman–Crippen MR) is 69.7 cm³/mol. The van der Waals surface area contributed by atoms with E-state index in [4.69, 9.17) is 5.11 Å².